The van der Waals surface area contributed by atoms with Gasteiger partial charge in [-0.1, -0.05) is 49.0 Å². The lowest BCUT2D eigenvalue weighted by atomic mass is 9.97. The molecule has 0 aromatic heterocycles. The molecule has 2 aromatic rings. The van der Waals surface area contributed by atoms with Gasteiger partial charge >= 0.3 is 5.97 Å². The van der Waals surface area contributed by atoms with Gasteiger partial charge in [0.25, 0.3) is 0 Å². The van der Waals surface area contributed by atoms with Crippen LogP contribution in [-0.2, 0) is 16.0 Å². The van der Waals surface area contributed by atoms with E-state index in [-0.39, 0.29) is 0 Å². The first kappa shape index (κ1) is 16.3. The van der Waals surface area contributed by atoms with Gasteiger partial charge < -0.3 is 5.11 Å². The summed E-state index contributed by atoms with van der Waals surface area (Å²) in [5, 5.41) is 8.67. The van der Waals surface area contributed by atoms with Crippen molar-refractivity contribution in [1.29, 1.82) is 0 Å². The van der Waals surface area contributed by atoms with Gasteiger partial charge in [0.15, 0.2) is 0 Å². The molecule has 1 N–H and O–H groups in total. The molecule has 0 spiro atoms. The van der Waals surface area contributed by atoms with E-state index in [0.29, 0.717) is 12.8 Å². The van der Waals surface area contributed by atoms with E-state index in [4.69, 9.17) is 5.11 Å². The maximum atomic E-state index is 11.3. The van der Waals surface area contributed by atoms with Crippen LogP contribution in [0.15, 0.2) is 64.4 Å². The highest BCUT2D eigenvalue weighted by atomic mass is 32.2. The molecule has 0 amide bonds. The fourth-order valence-corrected chi connectivity index (χ4v) is 2.91. The third-order valence-corrected chi connectivity index (χ3v) is 4.44. The van der Waals surface area contributed by atoms with Crippen molar-refractivity contribution in [3.63, 3.8) is 0 Å². The Morgan fingerprint density at radius 2 is 1.59 bits per heavy atom. The molecular formula is C18H18O3S. The van der Waals surface area contributed by atoms with Crippen molar-refractivity contribution in [1.82, 2.24) is 0 Å². The maximum absolute atomic E-state index is 11.3. The second kappa shape index (κ2) is 7.80. The predicted molar refractivity (Wildman–Crippen MR) is 87.1 cm³/mol. The normalized spacial score (nSPS) is 11.9. The van der Waals surface area contributed by atoms with Gasteiger partial charge in [0.2, 0.25) is 5.78 Å². The molecule has 2 rings (SSSR count). The molecule has 0 radical (unpaired) electrons. The number of carbonyl (C=O) groups is 2. The fraction of sp³-hybridized carbons (Fsp3) is 0.222. The van der Waals surface area contributed by atoms with E-state index in [9.17, 15) is 9.59 Å². The minimum absolute atomic E-state index is 0.448. The molecular weight excluding hydrogens is 296 g/mol. The SMILES string of the molecule is C[C@@H](CCc1ccc(Sc2ccccc2)cc1)C(=O)C(=O)O. The van der Waals surface area contributed by atoms with Gasteiger partial charge in [-0.2, -0.15) is 0 Å². The van der Waals surface area contributed by atoms with E-state index >= 15 is 0 Å². The Hall–Kier alpha value is -2.07. The molecule has 4 heteroatoms. The predicted octanol–water partition coefficient (Wildman–Crippen LogP) is 4.06. The smallest absolute Gasteiger partial charge is 0.372 e. The molecule has 22 heavy (non-hydrogen) atoms. The van der Waals surface area contributed by atoms with Crippen LogP contribution in [0.5, 0.6) is 0 Å². The van der Waals surface area contributed by atoms with Gasteiger partial charge in [0, 0.05) is 15.7 Å². The molecule has 0 saturated carbocycles. The van der Waals surface area contributed by atoms with Crippen LogP contribution in [0.4, 0.5) is 0 Å². The third kappa shape index (κ3) is 4.74. The number of benzene rings is 2. The molecule has 1 atom stereocenters. The van der Waals surface area contributed by atoms with E-state index in [1.807, 2.05) is 30.3 Å². The summed E-state index contributed by atoms with van der Waals surface area (Å²) >= 11 is 1.70. The molecule has 0 saturated heterocycles. The first-order chi connectivity index (χ1) is 10.6. The first-order valence-corrected chi connectivity index (χ1v) is 7.97. The Morgan fingerprint density at radius 3 is 2.18 bits per heavy atom. The molecule has 2 aromatic carbocycles. The van der Waals surface area contributed by atoms with Gasteiger partial charge in [-0.3, -0.25) is 4.79 Å². The molecule has 0 unspecified atom stereocenters. The van der Waals surface area contributed by atoms with Crippen molar-refractivity contribution >= 4 is 23.5 Å². The Bertz CT molecular complexity index is 635. The number of ketones is 1. The zero-order chi connectivity index (χ0) is 15.9. The number of carboxylic acid groups (broad SMARTS) is 1. The van der Waals surface area contributed by atoms with Crippen molar-refractivity contribution in [2.75, 3.05) is 0 Å². The van der Waals surface area contributed by atoms with Crippen LogP contribution in [0, 0.1) is 5.92 Å². The van der Waals surface area contributed by atoms with Crippen LogP contribution in [0.3, 0.4) is 0 Å². The topological polar surface area (TPSA) is 54.4 Å². The second-order valence-corrected chi connectivity index (χ2v) is 6.32. The van der Waals surface area contributed by atoms with Crippen molar-refractivity contribution < 1.29 is 14.7 Å². The van der Waals surface area contributed by atoms with Gasteiger partial charge in [-0.05, 0) is 42.7 Å². The molecule has 0 aliphatic carbocycles. The van der Waals surface area contributed by atoms with Crippen LogP contribution in [-0.4, -0.2) is 16.9 Å². The van der Waals surface area contributed by atoms with Crippen LogP contribution < -0.4 is 0 Å². The van der Waals surface area contributed by atoms with E-state index in [2.05, 4.69) is 24.3 Å². The summed E-state index contributed by atoms with van der Waals surface area (Å²) in [6.45, 7) is 1.66. The number of carbonyl (C=O) groups excluding carboxylic acids is 1. The minimum Gasteiger partial charge on any atom is -0.475 e. The first-order valence-electron chi connectivity index (χ1n) is 7.15. The molecule has 0 aliphatic rings. The van der Waals surface area contributed by atoms with Gasteiger partial charge in [-0.25, -0.2) is 4.79 Å². The Labute approximate surface area is 134 Å². The quantitative estimate of drug-likeness (QED) is 0.783. The molecule has 0 heterocycles. The number of hydrogen-bond donors (Lipinski definition) is 1. The van der Waals surface area contributed by atoms with Crippen LogP contribution in [0.25, 0.3) is 0 Å². The lowest BCUT2D eigenvalue weighted by Crippen LogP contribution is -2.21. The lowest BCUT2D eigenvalue weighted by Gasteiger charge is -2.08. The number of carboxylic acids is 1. The fourth-order valence-electron chi connectivity index (χ4n) is 2.07. The zero-order valence-electron chi connectivity index (χ0n) is 12.4. The average Bonchev–Trinajstić information content (AvgIpc) is 2.54. The Balaban J connectivity index is 1.89. The Morgan fingerprint density at radius 1 is 1.00 bits per heavy atom. The summed E-state index contributed by atoms with van der Waals surface area (Å²) in [6, 6.07) is 18.3. The van der Waals surface area contributed by atoms with Crippen molar-refractivity contribution in [2.24, 2.45) is 5.92 Å². The summed E-state index contributed by atoms with van der Waals surface area (Å²) in [5.74, 6) is -2.51. The van der Waals surface area contributed by atoms with E-state index in [1.165, 1.54) is 4.90 Å². The lowest BCUT2D eigenvalue weighted by molar-refractivity contribution is -0.150. The summed E-state index contributed by atoms with van der Waals surface area (Å²) in [4.78, 5) is 24.3. The highest BCUT2D eigenvalue weighted by Gasteiger charge is 2.19. The van der Waals surface area contributed by atoms with Gasteiger partial charge in [0.1, 0.15) is 0 Å². The molecule has 0 fully saturated rings. The molecule has 3 nitrogen and oxygen atoms in total. The summed E-state index contributed by atoms with van der Waals surface area (Å²) in [7, 11) is 0. The monoisotopic (exact) mass is 314 g/mol. The maximum Gasteiger partial charge on any atom is 0.372 e. The molecule has 0 bridgehead atoms. The molecule has 0 aliphatic heterocycles. The minimum atomic E-state index is -1.35. The van der Waals surface area contributed by atoms with Crippen molar-refractivity contribution in [3.8, 4) is 0 Å². The van der Waals surface area contributed by atoms with E-state index < -0.39 is 17.7 Å². The summed E-state index contributed by atoms with van der Waals surface area (Å²) in [6.07, 6.45) is 1.26. The number of aryl methyl sites for hydroxylation is 1. The number of aliphatic carboxylic acids is 1. The number of rotatable bonds is 7. The van der Waals surface area contributed by atoms with Crippen LogP contribution in [0.1, 0.15) is 18.9 Å². The number of Topliss-reactive ketones (excluding diaryl/α,β-unsaturated/α-hetero) is 1. The summed E-state index contributed by atoms with van der Waals surface area (Å²) in [5.41, 5.74) is 1.11. The molecule has 114 valence electrons. The van der Waals surface area contributed by atoms with Gasteiger partial charge in [0.05, 0.1) is 0 Å². The van der Waals surface area contributed by atoms with Crippen LogP contribution >= 0.6 is 11.8 Å². The zero-order valence-corrected chi connectivity index (χ0v) is 13.2. The van der Waals surface area contributed by atoms with E-state index in [0.717, 1.165) is 10.5 Å². The highest BCUT2D eigenvalue weighted by molar-refractivity contribution is 7.99. The Kier molecular flexibility index (Phi) is 5.78. The van der Waals surface area contributed by atoms with Gasteiger partial charge in [-0.15, -0.1) is 0 Å². The highest BCUT2D eigenvalue weighted by Crippen LogP contribution is 2.27. The summed E-state index contributed by atoms with van der Waals surface area (Å²) < 4.78 is 0. The average molecular weight is 314 g/mol. The van der Waals surface area contributed by atoms with Crippen LogP contribution in [0.2, 0.25) is 0 Å². The number of hydrogen-bond acceptors (Lipinski definition) is 3. The van der Waals surface area contributed by atoms with E-state index in [1.54, 1.807) is 18.7 Å². The van der Waals surface area contributed by atoms with Crippen molar-refractivity contribution in [2.45, 2.75) is 29.6 Å². The second-order valence-electron chi connectivity index (χ2n) is 5.17. The largest absolute Gasteiger partial charge is 0.475 e. The standard InChI is InChI=1S/C18H18O3S/c1-13(17(19)18(20)21)7-8-14-9-11-16(12-10-14)22-15-5-3-2-4-6-15/h2-6,9-13H,7-8H2,1H3,(H,20,21)/t13-/m0/s1. The third-order valence-electron chi connectivity index (χ3n) is 3.43. The van der Waals surface area contributed by atoms with Crippen molar-refractivity contribution in [3.05, 3.63) is 60.2 Å².